The summed E-state index contributed by atoms with van der Waals surface area (Å²) >= 11 is 11.4. The van der Waals surface area contributed by atoms with Crippen LogP contribution in [0.3, 0.4) is 0 Å². The zero-order valence-electron chi connectivity index (χ0n) is 9.39. The average Bonchev–Trinajstić information content (AvgIpc) is 2.29. The molecule has 0 saturated carbocycles. The molecule has 0 aliphatic heterocycles. The third-order valence-electron chi connectivity index (χ3n) is 2.06. The van der Waals surface area contributed by atoms with Crippen LogP contribution in [-0.4, -0.2) is 30.6 Å². The highest BCUT2D eigenvalue weighted by atomic mass is 35.5. The first-order valence-electron chi connectivity index (χ1n) is 4.92. The van der Waals surface area contributed by atoms with Crippen molar-refractivity contribution in [2.45, 2.75) is 12.2 Å². The van der Waals surface area contributed by atoms with E-state index in [4.69, 9.17) is 27.9 Å². The Labute approximate surface area is 112 Å². The van der Waals surface area contributed by atoms with Gasteiger partial charge in [-0.25, -0.2) is 4.98 Å². The zero-order chi connectivity index (χ0) is 13.8. The van der Waals surface area contributed by atoms with E-state index in [9.17, 15) is 13.2 Å². The molecule has 8 heteroatoms. The summed E-state index contributed by atoms with van der Waals surface area (Å²) in [5, 5.41) is 2.69. The van der Waals surface area contributed by atoms with E-state index >= 15 is 0 Å². The number of nitrogens with zero attached hydrogens (tertiary/aromatic N) is 1. The summed E-state index contributed by atoms with van der Waals surface area (Å²) < 4.78 is 42.1. The first kappa shape index (κ1) is 15.3. The van der Waals surface area contributed by atoms with E-state index in [2.05, 4.69) is 10.3 Å². The van der Waals surface area contributed by atoms with Gasteiger partial charge >= 0.3 is 6.18 Å². The van der Waals surface area contributed by atoms with Crippen LogP contribution < -0.4 is 5.32 Å². The van der Waals surface area contributed by atoms with Crippen molar-refractivity contribution in [2.75, 3.05) is 24.9 Å². The summed E-state index contributed by atoms with van der Waals surface area (Å²) in [4.78, 5) is 3.64. The van der Waals surface area contributed by atoms with Crippen molar-refractivity contribution in [3.8, 4) is 0 Å². The van der Waals surface area contributed by atoms with Crippen molar-refractivity contribution in [2.24, 2.45) is 0 Å². The number of methoxy groups -OCH3 is 1. The second-order valence-corrected chi connectivity index (χ2v) is 4.22. The van der Waals surface area contributed by atoms with Crippen LogP contribution in [0.5, 0.6) is 0 Å². The van der Waals surface area contributed by atoms with E-state index in [1.807, 2.05) is 0 Å². The molecule has 1 atom stereocenters. The largest absolute Gasteiger partial charge is 0.417 e. The number of nitrogens with one attached hydrogen (secondary N) is 1. The van der Waals surface area contributed by atoms with E-state index in [0.717, 1.165) is 6.07 Å². The smallest absolute Gasteiger partial charge is 0.383 e. The molecule has 102 valence electrons. The fourth-order valence-electron chi connectivity index (χ4n) is 1.22. The fraction of sp³-hybridized carbons (Fsp3) is 0.500. The summed E-state index contributed by atoms with van der Waals surface area (Å²) in [6, 6.07) is 0.535. The molecule has 0 fully saturated rings. The molecule has 1 heterocycles. The summed E-state index contributed by atoms with van der Waals surface area (Å²) in [5.41, 5.74) is -0.896. The van der Waals surface area contributed by atoms with Gasteiger partial charge in [-0.2, -0.15) is 13.2 Å². The highest BCUT2D eigenvalue weighted by molar-refractivity contribution is 6.33. The SMILES string of the molecule is COCC(CCl)Nc1ncc(C(F)(F)F)cc1Cl. The molecule has 18 heavy (non-hydrogen) atoms. The topological polar surface area (TPSA) is 34.1 Å². The molecule has 1 N–H and O–H groups in total. The first-order valence-corrected chi connectivity index (χ1v) is 5.84. The van der Waals surface area contributed by atoms with Crippen LogP contribution in [0.25, 0.3) is 0 Å². The minimum absolute atomic E-state index is 0.115. The normalized spacial score (nSPS) is 13.4. The number of pyridine rings is 1. The number of ether oxygens (including phenoxy) is 1. The van der Waals surface area contributed by atoms with Gasteiger partial charge < -0.3 is 10.1 Å². The molecule has 1 aromatic rings. The highest BCUT2D eigenvalue weighted by Crippen LogP contribution is 2.32. The first-order chi connectivity index (χ1) is 8.38. The van der Waals surface area contributed by atoms with Crippen LogP contribution in [0, 0.1) is 0 Å². The number of hydrogen-bond acceptors (Lipinski definition) is 3. The van der Waals surface area contributed by atoms with Crippen molar-refractivity contribution in [1.82, 2.24) is 4.98 Å². The summed E-state index contributed by atoms with van der Waals surface area (Å²) in [5.74, 6) is 0.361. The maximum atomic E-state index is 12.4. The minimum Gasteiger partial charge on any atom is -0.383 e. The Hall–Kier alpha value is -0.720. The lowest BCUT2D eigenvalue weighted by Crippen LogP contribution is -2.27. The Balaban J connectivity index is 2.85. The number of hydrogen-bond donors (Lipinski definition) is 1. The van der Waals surface area contributed by atoms with Gasteiger partial charge in [0.25, 0.3) is 0 Å². The number of aromatic nitrogens is 1. The highest BCUT2D eigenvalue weighted by Gasteiger charge is 2.31. The Morgan fingerprint density at radius 3 is 2.61 bits per heavy atom. The molecule has 0 spiro atoms. The zero-order valence-corrected chi connectivity index (χ0v) is 10.9. The van der Waals surface area contributed by atoms with E-state index in [-0.39, 0.29) is 22.8 Å². The summed E-state index contributed by atoms with van der Waals surface area (Å²) in [7, 11) is 1.49. The van der Waals surface area contributed by atoms with Gasteiger partial charge in [-0.05, 0) is 6.07 Å². The number of halogens is 5. The van der Waals surface area contributed by atoms with Gasteiger partial charge in [0.15, 0.2) is 0 Å². The number of anilines is 1. The van der Waals surface area contributed by atoms with E-state index in [1.54, 1.807) is 0 Å². The third-order valence-corrected chi connectivity index (χ3v) is 2.72. The van der Waals surface area contributed by atoms with E-state index in [0.29, 0.717) is 12.8 Å². The van der Waals surface area contributed by atoms with Crippen molar-refractivity contribution < 1.29 is 17.9 Å². The Morgan fingerprint density at radius 2 is 2.17 bits per heavy atom. The maximum Gasteiger partial charge on any atom is 0.417 e. The van der Waals surface area contributed by atoms with Gasteiger partial charge in [-0.15, -0.1) is 11.6 Å². The molecule has 0 aliphatic carbocycles. The molecule has 0 radical (unpaired) electrons. The quantitative estimate of drug-likeness (QED) is 0.846. The fourth-order valence-corrected chi connectivity index (χ4v) is 1.61. The van der Waals surface area contributed by atoms with Crippen LogP contribution in [0.1, 0.15) is 5.56 Å². The Kier molecular flexibility index (Phi) is 5.49. The molecular formula is C10H11Cl2F3N2O. The Bertz CT molecular complexity index is 401. The molecule has 1 aromatic heterocycles. The molecule has 0 bridgehead atoms. The molecule has 0 amide bonds. The predicted molar refractivity (Wildman–Crippen MR) is 64.3 cm³/mol. The maximum absolute atomic E-state index is 12.4. The summed E-state index contributed by atoms with van der Waals surface area (Å²) in [6.45, 7) is 0.294. The molecule has 0 aliphatic rings. The van der Waals surface area contributed by atoms with Crippen LogP contribution in [0.15, 0.2) is 12.3 Å². The monoisotopic (exact) mass is 302 g/mol. The van der Waals surface area contributed by atoms with E-state index < -0.39 is 11.7 Å². The Morgan fingerprint density at radius 1 is 1.50 bits per heavy atom. The standard InChI is InChI=1S/C10H11Cl2F3N2O/c1-18-5-7(3-11)17-9-8(12)2-6(4-16-9)10(13,14)15/h2,4,7H,3,5H2,1H3,(H,16,17). The van der Waals surface area contributed by atoms with E-state index in [1.165, 1.54) is 7.11 Å². The predicted octanol–water partition coefficient (Wildman–Crippen LogP) is 3.42. The van der Waals surface area contributed by atoms with Crippen LogP contribution in [0.2, 0.25) is 5.02 Å². The van der Waals surface area contributed by atoms with Gasteiger partial charge in [0.1, 0.15) is 5.82 Å². The minimum atomic E-state index is -4.46. The van der Waals surface area contributed by atoms with Gasteiger partial charge in [0.05, 0.1) is 23.2 Å². The lowest BCUT2D eigenvalue weighted by molar-refractivity contribution is -0.137. The van der Waals surface area contributed by atoms with Crippen molar-refractivity contribution in [3.63, 3.8) is 0 Å². The molecule has 0 saturated heterocycles. The molecular weight excluding hydrogens is 292 g/mol. The average molecular weight is 303 g/mol. The molecule has 3 nitrogen and oxygen atoms in total. The third kappa shape index (κ3) is 4.19. The number of alkyl halides is 4. The van der Waals surface area contributed by atoms with Crippen molar-refractivity contribution in [1.29, 1.82) is 0 Å². The lowest BCUT2D eigenvalue weighted by atomic mass is 10.2. The molecule has 0 aromatic carbocycles. The van der Waals surface area contributed by atoms with Crippen LogP contribution in [-0.2, 0) is 10.9 Å². The molecule has 1 rings (SSSR count). The van der Waals surface area contributed by atoms with Gasteiger partial charge in [-0.1, -0.05) is 11.6 Å². The molecule has 1 unspecified atom stereocenters. The van der Waals surface area contributed by atoms with Gasteiger partial charge in [-0.3, -0.25) is 0 Å². The van der Waals surface area contributed by atoms with Crippen LogP contribution >= 0.6 is 23.2 Å². The number of rotatable bonds is 5. The van der Waals surface area contributed by atoms with Crippen LogP contribution in [0.4, 0.5) is 19.0 Å². The van der Waals surface area contributed by atoms with Gasteiger partial charge in [0.2, 0.25) is 0 Å². The van der Waals surface area contributed by atoms with Crippen molar-refractivity contribution >= 4 is 29.0 Å². The second kappa shape index (κ2) is 6.45. The van der Waals surface area contributed by atoms with Gasteiger partial charge in [0, 0.05) is 19.2 Å². The second-order valence-electron chi connectivity index (χ2n) is 3.50. The van der Waals surface area contributed by atoms with Crippen molar-refractivity contribution in [3.05, 3.63) is 22.8 Å². The lowest BCUT2D eigenvalue weighted by Gasteiger charge is -2.17. The summed E-state index contributed by atoms with van der Waals surface area (Å²) in [6.07, 6.45) is -3.75.